The molecule has 0 fully saturated rings. The molecule has 0 spiro atoms. The molecule has 17 heavy (non-hydrogen) atoms. The molecule has 0 aliphatic rings. The van der Waals surface area contributed by atoms with Crippen molar-refractivity contribution in [3.05, 3.63) is 55.4 Å². The van der Waals surface area contributed by atoms with Crippen LogP contribution in [-0.2, 0) is 6.42 Å². The van der Waals surface area contributed by atoms with E-state index < -0.39 is 6.10 Å². The Kier molecular flexibility index (Phi) is 4.20. The van der Waals surface area contributed by atoms with Gasteiger partial charge in [-0.15, -0.1) is 11.3 Å². The summed E-state index contributed by atoms with van der Waals surface area (Å²) >= 11 is 10.3. The van der Waals surface area contributed by atoms with Gasteiger partial charge in [0, 0.05) is 16.7 Å². The maximum Gasteiger partial charge on any atom is 0.137 e. The lowest BCUT2D eigenvalue weighted by Crippen LogP contribution is -1.99. The van der Waals surface area contributed by atoms with Crippen molar-refractivity contribution in [3.8, 4) is 0 Å². The predicted molar refractivity (Wildman–Crippen MR) is 72.1 cm³/mol. The van der Waals surface area contributed by atoms with Gasteiger partial charge in [0.1, 0.15) is 5.82 Å². The zero-order valence-electron chi connectivity index (χ0n) is 8.66. The summed E-state index contributed by atoms with van der Waals surface area (Å²) in [5.41, 5.74) is 0.871. The molecule has 1 aromatic heterocycles. The van der Waals surface area contributed by atoms with Crippen LogP contribution in [-0.4, -0.2) is 5.11 Å². The lowest BCUT2D eigenvalue weighted by atomic mass is 10.1. The van der Waals surface area contributed by atoms with Gasteiger partial charge in [-0.3, -0.25) is 0 Å². The molecule has 0 aliphatic heterocycles. The van der Waals surface area contributed by atoms with Crippen LogP contribution in [0.2, 0.25) is 5.02 Å². The molecule has 1 N–H and O–H groups in total. The maximum atomic E-state index is 13.0. The van der Waals surface area contributed by atoms with E-state index in [0.717, 1.165) is 10.4 Å². The van der Waals surface area contributed by atoms with Gasteiger partial charge in [0.25, 0.3) is 0 Å². The number of aliphatic hydroxyl groups excluding tert-OH is 1. The van der Waals surface area contributed by atoms with Gasteiger partial charge in [-0.2, -0.15) is 0 Å². The molecule has 1 aromatic carbocycles. The van der Waals surface area contributed by atoms with Gasteiger partial charge < -0.3 is 5.11 Å². The van der Waals surface area contributed by atoms with Gasteiger partial charge in [0.15, 0.2) is 0 Å². The van der Waals surface area contributed by atoms with Crippen molar-refractivity contribution in [2.75, 3.05) is 0 Å². The number of halogens is 3. The van der Waals surface area contributed by atoms with Crippen LogP contribution >= 0.6 is 38.9 Å². The van der Waals surface area contributed by atoms with E-state index in [0.29, 0.717) is 15.9 Å². The molecular weight excluding hydrogens is 327 g/mol. The average Bonchev–Trinajstić information content (AvgIpc) is 2.70. The molecular formula is C12H9BrClFOS. The van der Waals surface area contributed by atoms with Crippen molar-refractivity contribution < 1.29 is 9.50 Å². The molecule has 1 heterocycles. The average molecular weight is 336 g/mol. The van der Waals surface area contributed by atoms with Gasteiger partial charge in [-0.05, 0) is 39.7 Å². The number of rotatable bonds is 3. The lowest BCUT2D eigenvalue weighted by molar-refractivity contribution is 0.182. The first-order valence-electron chi connectivity index (χ1n) is 4.92. The normalized spacial score (nSPS) is 12.7. The molecule has 0 aliphatic carbocycles. The quantitative estimate of drug-likeness (QED) is 0.870. The summed E-state index contributed by atoms with van der Waals surface area (Å²) in [5, 5.41) is 12.4. The first kappa shape index (κ1) is 13.0. The third-order valence-electron chi connectivity index (χ3n) is 2.33. The molecule has 1 unspecified atom stereocenters. The Morgan fingerprint density at radius 2 is 2.18 bits per heavy atom. The van der Waals surface area contributed by atoms with Crippen LogP contribution in [0, 0.1) is 5.82 Å². The standard InChI is InChI=1S/C12H9BrClFOS/c13-9-3-7(1-2-10(9)15)4-11(16)12-5-8(14)6-17-12/h1-3,5-6,11,16H,4H2. The molecule has 0 amide bonds. The highest BCUT2D eigenvalue weighted by Crippen LogP contribution is 2.28. The Labute approximate surface area is 116 Å². The fourth-order valence-corrected chi connectivity index (χ4v) is 2.99. The smallest absolute Gasteiger partial charge is 0.137 e. The Bertz CT molecular complexity index is 529. The lowest BCUT2D eigenvalue weighted by Gasteiger charge is -2.09. The van der Waals surface area contributed by atoms with Crippen LogP contribution in [0.3, 0.4) is 0 Å². The van der Waals surface area contributed by atoms with Crippen molar-refractivity contribution >= 4 is 38.9 Å². The monoisotopic (exact) mass is 334 g/mol. The number of hydrogen-bond acceptors (Lipinski definition) is 2. The summed E-state index contributed by atoms with van der Waals surface area (Å²) in [5.74, 6) is -0.303. The maximum absolute atomic E-state index is 13.0. The molecule has 5 heteroatoms. The van der Waals surface area contributed by atoms with E-state index in [2.05, 4.69) is 15.9 Å². The van der Waals surface area contributed by atoms with Gasteiger partial charge in [0.2, 0.25) is 0 Å². The first-order valence-corrected chi connectivity index (χ1v) is 6.97. The molecule has 0 saturated carbocycles. The molecule has 2 rings (SSSR count). The summed E-state index contributed by atoms with van der Waals surface area (Å²) in [7, 11) is 0. The third-order valence-corrected chi connectivity index (χ3v) is 4.32. The Morgan fingerprint density at radius 3 is 2.76 bits per heavy atom. The minimum Gasteiger partial charge on any atom is -0.387 e. The second-order valence-electron chi connectivity index (χ2n) is 3.64. The van der Waals surface area contributed by atoms with E-state index in [9.17, 15) is 9.50 Å². The van der Waals surface area contributed by atoms with E-state index in [-0.39, 0.29) is 5.82 Å². The summed E-state index contributed by atoms with van der Waals surface area (Å²) in [4.78, 5) is 0.815. The number of thiophene rings is 1. The van der Waals surface area contributed by atoms with Crippen molar-refractivity contribution in [3.63, 3.8) is 0 Å². The molecule has 90 valence electrons. The molecule has 1 atom stereocenters. The topological polar surface area (TPSA) is 20.2 Å². The number of benzene rings is 1. The van der Waals surface area contributed by atoms with Gasteiger partial charge in [-0.25, -0.2) is 4.39 Å². The zero-order chi connectivity index (χ0) is 12.4. The predicted octanol–water partition coefficient (Wildman–Crippen LogP) is 4.58. The molecule has 0 saturated heterocycles. The van der Waals surface area contributed by atoms with Crippen molar-refractivity contribution in [2.24, 2.45) is 0 Å². The SMILES string of the molecule is OC(Cc1ccc(F)c(Br)c1)c1cc(Cl)cs1. The highest BCUT2D eigenvalue weighted by Gasteiger charge is 2.12. The van der Waals surface area contributed by atoms with Gasteiger partial charge in [-0.1, -0.05) is 17.7 Å². The molecule has 0 radical (unpaired) electrons. The van der Waals surface area contributed by atoms with Crippen molar-refractivity contribution in [2.45, 2.75) is 12.5 Å². The van der Waals surface area contributed by atoms with E-state index in [1.807, 2.05) is 0 Å². The first-order chi connectivity index (χ1) is 8.06. The number of hydrogen-bond donors (Lipinski definition) is 1. The summed E-state index contributed by atoms with van der Waals surface area (Å²) in [6.07, 6.45) is -0.166. The van der Waals surface area contributed by atoms with Crippen molar-refractivity contribution in [1.82, 2.24) is 0 Å². The van der Waals surface area contributed by atoms with Crippen LogP contribution in [0.4, 0.5) is 4.39 Å². The minimum atomic E-state index is -0.607. The summed E-state index contributed by atoms with van der Waals surface area (Å²) < 4.78 is 13.4. The zero-order valence-corrected chi connectivity index (χ0v) is 11.8. The van der Waals surface area contributed by atoms with Crippen LogP contribution in [0.1, 0.15) is 16.5 Å². The highest BCUT2D eigenvalue weighted by molar-refractivity contribution is 9.10. The van der Waals surface area contributed by atoms with Crippen LogP contribution in [0.25, 0.3) is 0 Å². The Balaban J connectivity index is 2.12. The van der Waals surface area contributed by atoms with E-state index >= 15 is 0 Å². The molecule has 1 nitrogen and oxygen atoms in total. The van der Waals surface area contributed by atoms with Gasteiger partial charge in [0.05, 0.1) is 15.6 Å². The Morgan fingerprint density at radius 1 is 1.41 bits per heavy atom. The van der Waals surface area contributed by atoms with Gasteiger partial charge >= 0.3 is 0 Å². The van der Waals surface area contributed by atoms with Crippen LogP contribution in [0.15, 0.2) is 34.1 Å². The van der Waals surface area contributed by atoms with E-state index in [1.54, 1.807) is 23.6 Å². The highest BCUT2D eigenvalue weighted by atomic mass is 79.9. The van der Waals surface area contributed by atoms with Crippen LogP contribution in [0.5, 0.6) is 0 Å². The van der Waals surface area contributed by atoms with Crippen molar-refractivity contribution in [1.29, 1.82) is 0 Å². The summed E-state index contributed by atoms with van der Waals surface area (Å²) in [6.45, 7) is 0. The molecule has 2 aromatic rings. The third kappa shape index (κ3) is 3.28. The Hall–Kier alpha value is -0.420. The fourth-order valence-electron chi connectivity index (χ4n) is 1.49. The minimum absolute atomic E-state index is 0.303. The second-order valence-corrected chi connectivity index (χ2v) is 5.87. The van der Waals surface area contributed by atoms with E-state index in [4.69, 9.17) is 11.6 Å². The summed E-state index contributed by atoms with van der Waals surface area (Å²) in [6, 6.07) is 6.47. The van der Waals surface area contributed by atoms with E-state index in [1.165, 1.54) is 17.4 Å². The second kappa shape index (κ2) is 5.48. The molecule has 0 bridgehead atoms. The largest absolute Gasteiger partial charge is 0.387 e. The fraction of sp³-hybridized carbons (Fsp3) is 0.167. The number of aliphatic hydroxyl groups is 1. The van der Waals surface area contributed by atoms with Crippen LogP contribution < -0.4 is 0 Å².